The zero-order valence-corrected chi connectivity index (χ0v) is 14.8. The molecule has 0 unspecified atom stereocenters. The second-order valence-corrected chi connectivity index (χ2v) is 6.97. The second-order valence-electron chi connectivity index (χ2n) is 6.97. The van der Waals surface area contributed by atoms with E-state index in [4.69, 9.17) is 0 Å². The summed E-state index contributed by atoms with van der Waals surface area (Å²) in [7, 11) is 0. The highest BCUT2D eigenvalue weighted by atomic mass is 19.1. The van der Waals surface area contributed by atoms with Crippen molar-refractivity contribution in [3.63, 3.8) is 0 Å². The van der Waals surface area contributed by atoms with E-state index in [0.29, 0.717) is 12.0 Å². The zero-order valence-electron chi connectivity index (χ0n) is 14.8. The van der Waals surface area contributed by atoms with Gasteiger partial charge in [0.2, 0.25) is 0 Å². The molecule has 4 rings (SSSR count). The summed E-state index contributed by atoms with van der Waals surface area (Å²) in [5, 5.41) is 9.21. The first kappa shape index (κ1) is 17.4. The van der Waals surface area contributed by atoms with E-state index in [1.807, 2.05) is 0 Å². The largest absolute Gasteiger partial charge is 0.329 e. The summed E-state index contributed by atoms with van der Waals surface area (Å²) < 4.78 is 14.3. The number of carbonyl (C=O) groups is 2. The molecule has 2 heterocycles. The van der Waals surface area contributed by atoms with Gasteiger partial charge < -0.3 is 5.32 Å². The Kier molecular flexibility index (Phi) is 4.25. The number of benzene rings is 1. The average molecular weight is 370 g/mol. The minimum Gasteiger partial charge on any atom is -0.326 e. The van der Waals surface area contributed by atoms with Crippen LogP contribution in [0.15, 0.2) is 23.0 Å². The third-order valence-corrected chi connectivity index (χ3v) is 5.14. The Balaban J connectivity index is 1.70. The Morgan fingerprint density at radius 3 is 2.63 bits per heavy atom. The number of nitrogens with one attached hydrogen (secondary N) is 2. The molecule has 1 aliphatic carbocycles. The number of rotatable bonds is 3. The number of halogens is 1. The van der Waals surface area contributed by atoms with Crippen LogP contribution in [0.25, 0.3) is 0 Å². The van der Waals surface area contributed by atoms with Crippen LogP contribution in [0.2, 0.25) is 0 Å². The molecule has 0 saturated carbocycles. The summed E-state index contributed by atoms with van der Waals surface area (Å²) >= 11 is 0. The van der Waals surface area contributed by atoms with Crippen molar-refractivity contribution in [1.29, 1.82) is 0 Å². The van der Waals surface area contributed by atoms with Crippen LogP contribution < -0.4 is 15.8 Å². The van der Waals surface area contributed by atoms with Gasteiger partial charge in [-0.1, -0.05) is 6.07 Å². The van der Waals surface area contributed by atoms with Gasteiger partial charge >= 0.3 is 6.03 Å². The number of fused-ring (bicyclic) bond motifs is 1. The van der Waals surface area contributed by atoms with Crippen LogP contribution in [-0.2, 0) is 24.1 Å². The minimum absolute atomic E-state index is 0.0716. The van der Waals surface area contributed by atoms with Crippen LogP contribution in [0.1, 0.15) is 42.1 Å². The highest BCUT2D eigenvalue weighted by Crippen LogP contribution is 2.27. The molecular weight excluding hydrogens is 351 g/mol. The molecule has 27 heavy (non-hydrogen) atoms. The minimum atomic E-state index is -0.687. The van der Waals surface area contributed by atoms with Crippen LogP contribution in [0.5, 0.6) is 0 Å². The molecule has 1 fully saturated rings. The van der Waals surface area contributed by atoms with Crippen molar-refractivity contribution in [2.45, 2.75) is 45.1 Å². The monoisotopic (exact) mass is 370 g/mol. The van der Waals surface area contributed by atoms with Gasteiger partial charge in [0.15, 0.2) is 0 Å². The molecule has 2 N–H and O–H groups in total. The number of aromatic amines is 1. The van der Waals surface area contributed by atoms with Crippen molar-refractivity contribution in [2.24, 2.45) is 0 Å². The Bertz CT molecular complexity index is 1000. The number of imide groups is 1. The van der Waals surface area contributed by atoms with Gasteiger partial charge in [0, 0.05) is 12.0 Å². The number of carbonyl (C=O) groups excluding carboxylic acids is 2. The van der Waals surface area contributed by atoms with Gasteiger partial charge in [-0.2, -0.15) is 5.10 Å². The van der Waals surface area contributed by atoms with Crippen LogP contribution in [0, 0.1) is 5.82 Å². The topological polar surface area (TPSA) is 95.2 Å². The molecule has 8 heteroatoms. The van der Waals surface area contributed by atoms with Crippen LogP contribution >= 0.6 is 0 Å². The van der Waals surface area contributed by atoms with Crippen LogP contribution in [-0.4, -0.2) is 28.2 Å². The Labute approximate surface area is 154 Å². The van der Waals surface area contributed by atoms with E-state index < -0.39 is 23.8 Å². The van der Waals surface area contributed by atoms with E-state index in [-0.39, 0.29) is 11.2 Å². The van der Waals surface area contributed by atoms with Gasteiger partial charge in [-0.05, 0) is 55.9 Å². The van der Waals surface area contributed by atoms with Gasteiger partial charge in [0.1, 0.15) is 11.9 Å². The standard InChI is InChI=1S/C19H19FN4O3/c1-10-18(26)24(19(27)21-10)16-9-11(6-7-14(16)20)8-15-12-4-2-3-5-13(12)17(25)23-22-15/h6-7,9-10H,2-5,8H2,1H3,(H,21,27)(H,23,25)/t10-/m1/s1. The SMILES string of the molecule is C[C@H]1NC(=O)N(c2cc(Cc3n[nH]c(=O)c4c3CCCC4)ccc2F)C1=O. The molecule has 1 atom stereocenters. The number of H-pyrrole nitrogens is 1. The highest BCUT2D eigenvalue weighted by molar-refractivity contribution is 6.21. The highest BCUT2D eigenvalue weighted by Gasteiger charge is 2.37. The lowest BCUT2D eigenvalue weighted by atomic mass is 9.90. The fourth-order valence-corrected chi connectivity index (χ4v) is 3.74. The zero-order chi connectivity index (χ0) is 19.1. The summed E-state index contributed by atoms with van der Waals surface area (Å²) in [4.78, 5) is 37.0. The first-order valence-corrected chi connectivity index (χ1v) is 8.98. The molecule has 0 radical (unpaired) electrons. The van der Waals surface area contributed by atoms with Crippen LogP contribution in [0.4, 0.5) is 14.9 Å². The molecule has 7 nitrogen and oxygen atoms in total. The molecule has 2 aliphatic rings. The Hall–Kier alpha value is -3.03. The summed E-state index contributed by atoms with van der Waals surface area (Å²) in [6.07, 6.45) is 3.88. The van der Waals surface area contributed by atoms with E-state index in [1.54, 1.807) is 13.0 Å². The van der Waals surface area contributed by atoms with Crippen molar-refractivity contribution < 1.29 is 14.0 Å². The fourth-order valence-electron chi connectivity index (χ4n) is 3.74. The number of hydrogen-bond donors (Lipinski definition) is 2. The maximum atomic E-state index is 14.3. The fraction of sp³-hybridized carbons (Fsp3) is 0.368. The average Bonchev–Trinajstić information content (AvgIpc) is 2.91. The lowest BCUT2D eigenvalue weighted by Crippen LogP contribution is -2.31. The summed E-state index contributed by atoms with van der Waals surface area (Å²) in [6.45, 7) is 1.55. The number of anilines is 1. The molecule has 0 spiro atoms. The Morgan fingerprint density at radius 1 is 1.19 bits per heavy atom. The van der Waals surface area contributed by atoms with Crippen molar-refractivity contribution in [3.8, 4) is 0 Å². The predicted octanol–water partition coefficient (Wildman–Crippen LogP) is 1.82. The van der Waals surface area contributed by atoms with E-state index in [1.165, 1.54) is 12.1 Å². The van der Waals surface area contributed by atoms with E-state index in [2.05, 4.69) is 15.5 Å². The number of aromatic nitrogens is 2. The number of nitrogens with zero attached hydrogens (tertiary/aromatic N) is 2. The van der Waals surface area contributed by atoms with Crippen LogP contribution in [0.3, 0.4) is 0 Å². The quantitative estimate of drug-likeness (QED) is 0.806. The molecule has 1 saturated heterocycles. The lowest BCUT2D eigenvalue weighted by molar-refractivity contribution is -0.118. The second kappa shape index (κ2) is 6.61. The molecule has 140 valence electrons. The molecule has 1 aliphatic heterocycles. The normalized spacial score (nSPS) is 19.2. The van der Waals surface area contributed by atoms with Crippen molar-refractivity contribution in [1.82, 2.24) is 15.5 Å². The van der Waals surface area contributed by atoms with E-state index in [0.717, 1.165) is 47.4 Å². The molecular formula is C19H19FN4O3. The molecule has 1 aromatic heterocycles. The predicted molar refractivity (Wildman–Crippen MR) is 96.2 cm³/mol. The molecule has 1 aromatic carbocycles. The lowest BCUT2D eigenvalue weighted by Gasteiger charge is -2.18. The van der Waals surface area contributed by atoms with Crippen molar-refractivity contribution in [3.05, 3.63) is 56.8 Å². The van der Waals surface area contributed by atoms with E-state index >= 15 is 0 Å². The summed E-state index contributed by atoms with van der Waals surface area (Å²) in [5.41, 5.74) is 2.96. The van der Waals surface area contributed by atoms with Crippen molar-refractivity contribution in [2.75, 3.05) is 4.90 Å². The molecule has 0 bridgehead atoms. The summed E-state index contributed by atoms with van der Waals surface area (Å²) in [5.74, 6) is -1.14. The smallest absolute Gasteiger partial charge is 0.326 e. The number of amides is 3. The van der Waals surface area contributed by atoms with E-state index in [9.17, 15) is 18.8 Å². The Morgan fingerprint density at radius 2 is 1.93 bits per heavy atom. The maximum Gasteiger partial charge on any atom is 0.329 e. The number of hydrogen-bond acceptors (Lipinski definition) is 4. The summed E-state index contributed by atoms with van der Waals surface area (Å²) in [6, 6.07) is 3.01. The van der Waals surface area contributed by atoms with Gasteiger partial charge in [-0.3, -0.25) is 9.59 Å². The van der Waals surface area contributed by atoms with Gasteiger partial charge in [0.25, 0.3) is 11.5 Å². The first-order valence-electron chi connectivity index (χ1n) is 8.98. The van der Waals surface area contributed by atoms with Crippen molar-refractivity contribution >= 4 is 17.6 Å². The van der Waals surface area contributed by atoms with Gasteiger partial charge in [-0.25, -0.2) is 19.2 Å². The van der Waals surface area contributed by atoms with Gasteiger partial charge in [-0.15, -0.1) is 0 Å². The number of urea groups is 1. The molecule has 3 amide bonds. The molecule has 2 aromatic rings. The third-order valence-electron chi connectivity index (χ3n) is 5.14. The third kappa shape index (κ3) is 3.01. The van der Waals surface area contributed by atoms with Gasteiger partial charge in [0.05, 0.1) is 11.4 Å². The first-order chi connectivity index (χ1) is 13.0. The maximum absolute atomic E-state index is 14.3.